The van der Waals surface area contributed by atoms with Crippen LogP contribution in [-0.2, 0) is 17.8 Å². The van der Waals surface area contributed by atoms with Gasteiger partial charge in [-0.05, 0) is 67.6 Å². The molecule has 32 heavy (non-hydrogen) atoms. The Kier molecular flexibility index (Phi) is 7.43. The molecule has 0 aliphatic carbocycles. The topological polar surface area (TPSA) is 43.4 Å². The smallest absolute Gasteiger partial charge is 0.161 e. The Hall–Kier alpha value is -2.44. The van der Waals surface area contributed by atoms with Crippen molar-refractivity contribution >= 4 is 5.69 Å². The van der Waals surface area contributed by atoms with Crippen LogP contribution < -0.4 is 19.1 Å². The molecule has 6 heteroatoms. The van der Waals surface area contributed by atoms with E-state index in [1.807, 2.05) is 6.07 Å². The van der Waals surface area contributed by atoms with E-state index in [0.717, 1.165) is 69.5 Å². The van der Waals surface area contributed by atoms with Crippen LogP contribution in [0.5, 0.6) is 17.2 Å². The predicted molar refractivity (Wildman–Crippen MR) is 127 cm³/mol. The van der Waals surface area contributed by atoms with Crippen LogP contribution in [-0.4, -0.2) is 51.1 Å². The van der Waals surface area contributed by atoms with Crippen molar-refractivity contribution in [1.29, 1.82) is 0 Å². The van der Waals surface area contributed by atoms with Crippen LogP contribution >= 0.6 is 0 Å². The molecule has 4 rings (SSSR count). The van der Waals surface area contributed by atoms with Gasteiger partial charge in [-0.1, -0.05) is 13.0 Å². The molecular weight excluding hydrogens is 404 g/mol. The number of ether oxygens (including phenoxy) is 4. The summed E-state index contributed by atoms with van der Waals surface area (Å²) < 4.78 is 22.7. The van der Waals surface area contributed by atoms with Gasteiger partial charge < -0.3 is 23.8 Å². The number of benzene rings is 2. The highest BCUT2D eigenvalue weighted by Gasteiger charge is 2.30. The third-order valence-corrected chi connectivity index (χ3v) is 6.50. The molecule has 1 fully saturated rings. The van der Waals surface area contributed by atoms with Crippen LogP contribution in [0.25, 0.3) is 0 Å². The lowest BCUT2D eigenvalue weighted by atomic mass is 10.0. The molecule has 0 spiro atoms. The van der Waals surface area contributed by atoms with Crippen LogP contribution in [0.15, 0.2) is 36.4 Å². The minimum atomic E-state index is 0.214. The summed E-state index contributed by atoms with van der Waals surface area (Å²) in [5, 5.41) is 0. The number of hydrogen-bond donors (Lipinski definition) is 0. The number of methoxy groups -OCH3 is 2. The van der Waals surface area contributed by atoms with Crippen molar-refractivity contribution in [3.63, 3.8) is 0 Å². The summed E-state index contributed by atoms with van der Waals surface area (Å²) in [4.78, 5) is 5.06. The molecule has 174 valence electrons. The molecule has 0 N–H and O–H groups in total. The van der Waals surface area contributed by atoms with E-state index in [4.69, 9.17) is 18.9 Å². The molecule has 2 heterocycles. The SMILES string of the molecule is CC[C@@H](C)Oc1ccc2c(c1)CN(Cc1ccc(OC)c(OC)c1)CN2C1CCOCC1. The minimum Gasteiger partial charge on any atom is -0.493 e. The highest BCUT2D eigenvalue weighted by Crippen LogP contribution is 2.36. The first kappa shape index (κ1) is 22.7. The lowest BCUT2D eigenvalue weighted by Crippen LogP contribution is -2.49. The van der Waals surface area contributed by atoms with E-state index >= 15 is 0 Å². The van der Waals surface area contributed by atoms with Crippen molar-refractivity contribution in [1.82, 2.24) is 4.90 Å². The second-order valence-corrected chi connectivity index (χ2v) is 8.76. The first-order chi connectivity index (χ1) is 15.6. The molecule has 1 atom stereocenters. The molecule has 0 amide bonds. The summed E-state index contributed by atoms with van der Waals surface area (Å²) in [5.41, 5.74) is 3.87. The monoisotopic (exact) mass is 440 g/mol. The van der Waals surface area contributed by atoms with Gasteiger partial charge in [0.05, 0.1) is 27.0 Å². The Morgan fingerprint density at radius 1 is 1.03 bits per heavy atom. The Bertz CT molecular complexity index is 897. The van der Waals surface area contributed by atoms with Crippen molar-refractivity contribution in [3.05, 3.63) is 47.5 Å². The molecule has 2 aliphatic rings. The molecule has 0 bridgehead atoms. The average molecular weight is 441 g/mol. The number of fused-ring (bicyclic) bond motifs is 1. The normalized spacial score (nSPS) is 18.2. The fourth-order valence-corrected chi connectivity index (χ4v) is 4.59. The molecule has 6 nitrogen and oxygen atoms in total. The van der Waals surface area contributed by atoms with Gasteiger partial charge in [-0.15, -0.1) is 0 Å². The van der Waals surface area contributed by atoms with Crippen LogP contribution in [0.2, 0.25) is 0 Å². The van der Waals surface area contributed by atoms with Gasteiger partial charge in [-0.3, -0.25) is 4.90 Å². The van der Waals surface area contributed by atoms with Crippen LogP contribution in [0, 0.1) is 0 Å². The highest BCUT2D eigenvalue weighted by molar-refractivity contribution is 5.58. The fourth-order valence-electron chi connectivity index (χ4n) is 4.59. The number of hydrogen-bond acceptors (Lipinski definition) is 6. The van der Waals surface area contributed by atoms with Gasteiger partial charge >= 0.3 is 0 Å². The summed E-state index contributed by atoms with van der Waals surface area (Å²) in [6.45, 7) is 8.58. The molecule has 2 aromatic rings. The van der Waals surface area contributed by atoms with Crippen molar-refractivity contribution in [2.75, 3.05) is 39.0 Å². The van der Waals surface area contributed by atoms with E-state index in [2.05, 4.69) is 54.0 Å². The van der Waals surface area contributed by atoms with Gasteiger partial charge in [0, 0.05) is 38.0 Å². The van der Waals surface area contributed by atoms with E-state index in [-0.39, 0.29) is 6.10 Å². The summed E-state index contributed by atoms with van der Waals surface area (Å²) >= 11 is 0. The minimum absolute atomic E-state index is 0.214. The zero-order chi connectivity index (χ0) is 22.5. The maximum atomic E-state index is 6.13. The molecule has 2 aliphatic heterocycles. The van der Waals surface area contributed by atoms with Gasteiger partial charge in [0.15, 0.2) is 11.5 Å². The van der Waals surface area contributed by atoms with Crippen molar-refractivity contribution in [2.45, 2.75) is 58.3 Å². The van der Waals surface area contributed by atoms with Crippen LogP contribution in [0.1, 0.15) is 44.2 Å². The fraction of sp³-hybridized carbons (Fsp3) is 0.538. The zero-order valence-corrected chi connectivity index (χ0v) is 19.8. The Morgan fingerprint density at radius 3 is 2.53 bits per heavy atom. The van der Waals surface area contributed by atoms with Gasteiger partial charge in [0.2, 0.25) is 0 Å². The van der Waals surface area contributed by atoms with Crippen LogP contribution in [0.3, 0.4) is 0 Å². The van der Waals surface area contributed by atoms with Crippen LogP contribution in [0.4, 0.5) is 5.69 Å². The molecule has 1 saturated heterocycles. The van der Waals surface area contributed by atoms with Gasteiger partial charge in [0.25, 0.3) is 0 Å². The first-order valence-corrected chi connectivity index (χ1v) is 11.7. The summed E-state index contributed by atoms with van der Waals surface area (Å²) in [5.74, 6) is 2.49. The Balaban J connectivity index is 1.59. The molecule has 0 radical (unpaired) electrons. The van der Waals surface area contributed by atoms with Gasteiger partial charge in [0.1, 0.15) is 5.75 Å². The Labute approximate surface area is 192 Å². The van der Waals surface area contributed by atoms with Crippen molar-refractivity contribution in [2.24, 2.45) is 0 Å². The van der Waals surface area contributed by atoms with E-state index < -0.39 is 0 Å². The average Bonchev–Trinajstić information content (AvgIpc) is 2.83. The maximum Gasteiger partial charge on any atom is 0.161 e. The second kappa shape index (κ2) is 10.5. The third-order valence-electron chi connectivity index (χ3n) is 6.50. The van der Waals surface area contributed by atoms with Gasteiger partial charge in [-0.2, -0.15) is 0 Å². The van der Waals surface area contributed by atoms with E-state index in [1.54, 1.807) is 14.2 Å². The number of anilines is 1. The van der Waals surface area contributed by atoms with E-state index in [1.165, 1.54) is 16.8 Å². The molecular formula is C26H36N2O4. The molecule has 0 unspecified atom stereocenters. The quantitative estimate of drug-likeness (QED) is 0.585. The summed E-state index contributed by atoms with van der Waals surface area (Å²) in [6, 6.07) is 13.3. The third kappa shape index (κ3) is 5.13. The molecule has 2 aromatic carbocycles. The summed E-state index contributed by atoms with van der Waals surface area (Å²) in [7, 11) is 3.36. The zero-order valence-electron chi connectivity index (χ0n) is 19.8. The predicted octanol–water partition coefficient (Wildman–Crippen LogP) is 4.84. The largest absolute Gasteiger partial charge is 0.493 e. The van der Waals surface area contributed by atoms with E-state index in [9.17, 15) is 0 Å². The number of nitrogens with zero attached hydrogens (tertiary/aromatic N) is 2. The Morgan fingerprint density at radius 2 is 1.81 bits per heavy atom. The maximum absolute atomic E-state index is 6.13. The second-order valence-electron chi connectivity index (χ2n) is 8.76. The molecule has 0 saturated carbocycles. The van der Waals surface area contributed by atoms with E-state index in [0.29, 0.717) is 6.04 Å². The lowest BCUT2D eigenvalue weighted by molar-refractivity contribution is 0.0792. The van der Waals surface area contributed by atoms with Crippen molar-refractivity contribution in [3.8, 4) is 17.2 Å². The lowest BCUT2D eigenvalue weighted by Gasteiger charge is -2.44. The first-order valence-electron chi connectivity index (χ1n) is 11.7. The standard InChI is InChI=1S/C26H36N2O4/c1-5-19(2)32-23-7-8-24-21(15-23)17-27(18-28(24)22-10-12-31-13-11-22)16-20-6-9-25(29-3)26(14-20)30-4/h6-9,14-15,19,22H,5,10-13,16-18H2,1-4H3/t19-/m1/s1. The summed E-state index contributed by atoms with van der Waals surface area (Å²) in [6.07, 6.45) is 3.34. The van der Waals surface area contributed by atoms with Gasteiger partial charge in [-0.25, -0.2) is 0 Å². The van der Waals surface area contributed by atoms with Crippen molar-refractivity contribution < 1.29 is 18.9 Å². The molecule has 0 aromatic heterocycles. The highest BCUT2D eigenvalue weighted by atomic mass is 16.5. The number of rotatable bonds is 8.